The maximum absolute atomic E-state index is 11.6. The number of hydrogen-bond donors (Lipinski definition) is 3. The minimum Gasteiger partial charge on any atom is -0.445 e. The van der Waals surface area contributed by atoms with Crippen LogP contribution in [-0.2, 0) is 11.3 Å². The van der Waals surface area contributed by atoms with Gasteiger partial charge in [-0.25, -0.2) is 4.79 Å². The first-order valence-corrected chi connectivity index (χ1v) is 6.62. The molecule has 1 aliphatic heterocycles. The Morgan fingerprint density at radius 2 is 2.25 bits per heavy atom. The summed E-state index contributed by atoms with van der Waals surface area (Å²) >= 11 is 0. The number of amides is 1. The Bertz CT molecular complexity index is 450. The molecule has 1 amide bonds. The Morgan fingerprint density at radius 1 is 1.45 bits per heavy atom. The van der Waals surface area contributed by atoms with Crippen molar-refractivity contribution in [3.63, 3.8) is 0 Å². The standard InChI is InChI=1S/C14H19N3O3/c18-14(20-10-11-4-2-1-3-5-11)16-8-12-6-15-7-13(12)9-17-19/h1-5,9,12-13,15,19H,6-8,10H2,(H,16,18)/t12-,13?/m0/s1. The summed E-state index contributed by atoms with van der Waals surface area (Å²) in [4.78, 5) is 11.6. The minimum atomic E-state index is -0.430. The van der Waals surface area contributed by atoms with Crippen LogP contribution < -0.4 is 10.6 Å². The van der Waals surface area contributed by atoms with Crippen LogP contribution in [0.2, 0.25) is 0 Å². The van der Waals surface area contributed by atoms with Crippen LogP contribution in [0.15, 0.2) is 35.5 Å². The van der Waals surface area contributed by atoms with E-state index in [4.69, 9.17) is 9.94 Å². The highest BCUT2D eigenvalue weighted by Crippen LogP contribution is 2.13. The Balaban J connectivity index is 1.70. The van der Waals surface area contributed by atoms with Gasteiger partial charge in [0, 0.05) is 31.8 Å². The first-order valence-electron chi connectivity index (χ1n) is 6.62. The van der Waals surface area contributed by atoms with Gasteiger partial charge in [-0.15, -0.1) is 5.16 Å². The van der Waals surface area contributed by atoms with E-state index in [9.17, 15) is 4.79 Å². The molecule has 108 valence electrons. The molecule has 1 saturated heterocycles. The first kappa shape index (κ1) is 14.3. The van der Waals surface area contributed by atoms with Crippen LogP contribution in [-0.4, -0.2) is 37.1 Å². The highest BCUT2D eigenvalue weighted by Gasteiger charge is 2.26. The van der Waals surface area contributed by atoms with E-state index in [1.807, 2.05) is 30.3 Å². The minimum absolute atomic E-state index is 0.134. The van der Waals surface area contributed by atoms with Crippen LogP contribution >= 0.6 is 0 Å². The van der Waals surface area contributed by atoms with Gasteiger partial charge in [-0.05, 0) is 11.5 Å². The van der Waals surface area contributed by atoms with Crippen molar-refractivity contribution in [3.05, 3.63) is 35.9 Å². The van der Waals surface area contributed by atoms with Crippen molar-refractivity contribution in [3.8, 4) is 0 Å². The molecule has 1 aromatic carbocycles. The van der Waals surface area contributed by atoms with Crippen LogP contribution in [0.3, 0.4) is 0 Å². The largest absolute Gasteiger partial charge is 0.445 e. The number of hydrogen-bond acceptors (Lipinski definition) is 5. The average molecular weight is 277 g/mol. The third kappa shape index (κ3) is 4.24. The highest BCUT2D eigenvalue weighted by atomic mass is 16.5. The topological polar surface area (TPSA) is 83.0 Å². The lowest BCUT2D eigenvalue weighted by Gasteiger charge is -2.14. The molecule has 0 spiro atoms. The van der Waals surface area contributed by atoms with Gasteiger partial charge in [-0.3, -0.25) is 0 Å². The van der Waals surface area contributed by atoms with Crippen LogP contribution in [0.5, 0.6) is 0 Å². The summed E-state index contributed by atoms with van der Waals surface area (Å²) in [5, 5.41) is 17.6. The van der Waals surface area contributed by atoms with Gasteiger partial charge in [0.1, 0.15) is 6.61 Å². The summed E-state index contributed by atoms with van der Waals surface area (Å²) in [5.74, 6) is 0.351. The van der Waals surface area contributed by atoms with E-state index in [0.29, 0.717) is 6.54 Å². The fraction of sp³-hybridized carbons (Fsp3) is 0.429. The van der Waals surface area contributed by atoms with Crippen LogP contribution in [0.4, 0.5) is 4.79 Å². The summed E-state index contributed by atoms with van der Waals surface area (Å²) in [7, 11) is 0. The predicted molar refractivity (Wildman–Crippen MR) is 74.8 cm³/mol. The second-order valence-electron chi connectivity index (χ2n) is 4.79. The van der Waals surface area contributed by atoms with E-state index < -0.39 is 6.09 Å². The van der Waals surface area contributed by atoms with Crippen molar-refractivity contribution in [2.45, 2.75) is 6.61 Å². The molecule has 0 saturated carbocycles. The zero-order valence-electron chi connectivity index (χ0n) is 11.2. The second-order valence-corrected chi connectivity index (χ2v) is 4.79. The lowest BCUT2D eigenvalue weighted by Crippen LogP contribution is -2.33. The van der Waals surface area contributed by atoms with Crippen LogP contribution in [0, 0.1) is 11.8 Å². The van der Waals surface area contributed by atoms with Crippen LogP contribution in [0.25, 0.3) is 0 Å². The molecular weight excluding hydrogens is 258 g/mol. The molecule has 1 heterocycles. The number of nitrogens with one attached hydrogen (secondary N) is 2. The molecule has 1 aromatic rings. The van der Waals surface area contributed by atoms with E-state index in [1.165, 1.54) is 6.21 Å². The lowest BCUT2D eigenvalue weighted by molar-refractivity contribution is 0.138. The fourth-order valence-corrected chi connectivity index (χ4v) is 2.23. The van der Waals surface area contributed by atoms with Gasteiger partial charge in [0.15, 0.2) is 0 Å². The third-order valence-corrected chi connectivity index (χ3v) is 3.37. The molecule has 0 radical (unpaired) electrons. The molecule has 0 aromatic heterocycles. The van der Waals surface area contributed by atoms with Crippen molar-refractivity contribution < 1.29 is 14.7 Å². The van der Waals surface area contributed by atoms with Gasteiger partial charge >= 0.3 is 6.09 Å². The maximum Gasteiger partial charge on any atom is 0.407 e. The van der Waals surface area contributed by atoms with Gasteiger partial charge in [0.05, 0.1) is 0 Å². The molecule has 0 aliphatic carbocycles. The lowest BCUT2D eigenvalue weighted by atomic mass is 9.97. The zero-order valence-corrected chi connectivity index (χ0v) is 11.2. The second kappa shape index (κ2) is 7.49. The molecule has 6 heteroatoms. The fourth-order valence-electron chi connectivity index (χ4n) is 2.23. The van der Waals surface area contributed by atoms with Crippen molar-refractivity contribution in [1.29, 1.82) is 0 Å². The molecule has 3 N–H and O–H groups in total. The quantitative estimate of drug-likeness (QED) is 0.429. The van der Waals surface area contributed by atoms with E-state index in [0.717, 1.165) is 18.7 Å². The number of oxime groups is 1. The number of ether oxygens (including phenoxy) is 1. The average Bonchev–Trinajstić information content (AvgIpc) is 2.92. The van der Waals surface area contributed by atoms with E-state index in [1.54, 1.807) is 0 Å². The van der Waals surface area contributed by atoms with Crippen molar-refractivity contribution in [2.75, 3.05) is 19.6 Å². The van der Waals surface area contributed by atoms with Crippen molar-refractivity contribution in [1.82, 2.24) is 10.6 Å². The maximum atomic E-state index is 11.6. The normalized spacial score (nSPS) is 22.0. The monoisotopic (exact) mass is 277 g/mol. The Hall–Kier alpha value is -2.08. The van der Waals surface area contributed by atoms with Crippen LogP contribution in [0.1, 0.15) is 5.56 Å². The van der Waals surface area contributed by atoms with E-state index >= 15 is 0 Å². The number of benzene rings is 1. The molecule has 2 atom stereocenters. The summed E-state index contributed by atoms with van der Waals surface area (Å²) in [5.41, 5.74) is 0.954. The molecule has 1 unspecified atom stereocenters. The zero-order chi connectivity index (χ0) is 14.2. The summed E-state index contributed by atoms with van der Waals surface area (Å²) in [6, 6.07) is 9.53. The molecule has 1 fully saturated rings. The number of nitrogens with zero attached hydrogens (tertiary/aromatic N) is 1. The number of rotatable bonds is 5. The Morgan fingerprint density at radius 3 is 3.00 bits per heavy atom. The van der Waals surface area contributed by atoms with Gasteiger partial charge in [-0.2, -0.15) is 0 Å². The number of alkyl carbamates (subject to hydrolysis) is 1. The smallest absolute Gasteiger partial charge is 0.407 e. The molecule has 0 bridgehead atoms. The molecule has 6 nitrogen and oxygen atoms in total. The molecule has 20 heavy (non-hydrogen) atoms. The summed E-state index contributed by atoms with van der Waals surface area (Å²) < 4.78 is 5.13. The summed E-state index contributed by atoms with van der Waals surface area (Å²) in [6.45, 7) is 2.31. The Labute approximate surface area is 117 Å². The molecule has 2 rings (SSSR count). The molecule has 1 aliphatic rings. The van der Waals surface area contributed by atoms with Gasteiger partial charge in [-0.1, -0.05) is 30.3 Å². The van der Waals surface area contributed by atoms with E-state index in [-0.39, 0.29) is 18.4 Å². The highest BCUT2D eigenvalue weighted by molar-refractivity contribution is 5.67. The third-order valence-electron chi connectivity index (χ3n) is 3.37. The van der Waals surface area contributed by atoms with Crippen molar-refractivity contribution >= 4 is 12.3 Å². The molecular formula is C14H19N3O3. The van der Waals surface area contributed by atoms with E-state index in [2.05, 4.69) is 15.8 Å². The first-order chi connectivity index (χ1) is 9.79. The summed E-state index contributed by atoms with van der Waals surface area (Å²) in [6.07, 6.45) is 1.07. The van der Waals surface area contributed by atoms with Gasteiger partial charge in [0.2, 0.25) is 0 Å². The van der Waals surface area contributed by atoms with Gasteiger partial charge in [0.25, 0.3) is 0 Å². The Kier molecular flexibility index (Phi) is 5.37. The predicted octanol–water partition coefficient (Wildman–Crippen LogP) is 1.21. The SMILES string of the molecule is O=C(NC[C@@H]1CNCC1C=NO)OCc1ccccc1. The van der Waals surface area contributed by atoms with Gasteiger partial charge < -0.3 is 20.6 Å². The number of carbonyl (C=O) groups excluding carboxylic acids is 1. The number of carbonyl (C=O) groups is 1. The van der Waals surface area contributed by atoms with Crippen molar-refractivity contribution in [2.24, 2.45) is 17.0 Å².